The first-order valence-corrected chi connectivity index (χ1v) is 8.72. The lowest BCUT2D eigenvalue weighted by Crippen LogP contribution is -2.57. The van der Waals surface area contributed by atoms with Crippen molar-refractivity contribution < 1.29 is 24.0 Å². The normalized spacial score (nSPS) is 18.3. The lowest BCUT2D eigenvalue weighted by molar-refractivity contribution is -0.384. The Kier molecular flexibility index (Phi) is 4.34. The van der Waals surface area contributed by atoms with Crippen LogP contribution in [0.2, 0.25) is 0 Å². The number of benzene rings is 2. The van der Waals surface area contributed by atoms with Gasteiger partial charge < -0.3 is 19.3 Å². The average Bonchev–Trinajstić information content (AvgIpc) is 3.17. The number of hydrogen-bond donors (Lipinski definition) is 0. The predicted octanol–water partition coefficient (Wildman–Crippen LogP) is 2.20. The monoisotopic (exact) mass is 383 g/mol. The summed E-state index contributed by atoms with van der Waals surface area (Å²) in [5.74, 6) is 0.681. The molecule has 28 heavy (non-hydrogen) atoms. The van der Waals surface area contributed by atoms with Crippen LogP contribution in [0.4, 0.5) is 11.4 Å². The second-order valence-electron chi connectivity index (χ2n) is 6.51. The molecule has 0 unspecified atom stereocenters. The molecule has 2 aromatic rings. The van der Waals surface area contributed by atoms with Crippen molar-refractivity contribution in [2.75, 3.05) is 24.8 Å². The first kappa shape index (κ1) is 17.8. The molecule has 2 aliphatic rings. The molecule has 0 spiro atoms. The van der Waals surface area contributed by atoms with E-state index in [0.29, 0.717) is 35.8 Å². The van der Waals surface area contributed by atoms with Crippen molar-refractivity contribution in [2.45, 2.75) is 13.0 Å². The molecule has 2 aliphatic heterocycles. The van der Waals surface area contributed by atoms with Crippen molar-refractivity contribution in [3.05, 3.63) is 58.1 Å². The van der Waals surface area contributed by atoms with Crippen molar-refractivity contribution >= 4 is 23.2 Å². The van der Waals surface area contributed by atoms with Gasteiger partial charge in [-0.2, -0.15) is 0 Å². The number of ether oxygens (including phenoxy) is 2. The predicted molar refractivity (Wildman–Crippen MR) is 98.5 cm³/mol. The summed E-state index contributed by atoms with van der Waals surface area (Å²) in [6, 6.07) is 9.99. The van der Waals surface area contributed by atoms with Gasteiger partial charge in [-0.3, -0.25) is 19.7 Å². The van der Waals surface area contributed by atoms with Crippen LogP contribution in [0, 0.1) is 10.1 Å². The Hall–Kier alpha value is -3.62. The molecule has 9 heteroatoms. The summed E-state index contributed by atoms with van der Waals surface area (Å²) in [6.07, 6.45) is 0. The molecule has 2 amide bonds. The van der Waals surface area contributed by atoms with E-state index in [1.807, 2.05) is 0 Å². The highest BCUT2D eigenvalue weighted by Crippen LogP contribution is 2.36. The van der Waals surface area contributed by atoms with E-state index in [1.165, 1.54) is 29.2 Å². The van der Waals surface area contributed by atoms with Crippen molar-refractivity contribution in [1.82, 2.24) is 4.90 Å². The van der Waals surface area contributed by atoms with Gasteiger partial charge in [-0.15, -0.1) is 0 Å². The summed E-state index contributed by atoms with van der Waals surface area (Å²) in [5, 5.41) is 10.8. The summed E-state index contributed by atoms with van der Waals surface area (Å²) in [6.45, 7) is 2.50. The number of non-ortho nitro benzene ring substituents is 1. The number of amides is 2. The Morgan fingerprint density at radius 1 is 1.11 bits per heavy atom. The third-order valence-corrected chi connectivity index (χ3v) is 4.91. The molecular formula is C19H17N3O6. The van der Waals surface area contributed by atoms with Crippen LogP contribution < -0.4 is 14.4 Å². The zero-order valence-electron chi connectivity index (χ0n) is 15.0. The van der Waals surface area contributed by atoms with Crippen LogP contribution in [0.5, 0.6) is 11.5 Å². The zero-order chi connectivity index (χ0) is 19.8. The highest BCUT2D eigenvalue weighted by atomic mass is 16.7. The maximum Gasteiger partial charge on any atom is 0.269 e. The maximum absolute atomic E-state index is 12.9. The second kappa shape index (κ2) is 6.84. The molecule has 2 heterocycles. The van der Waals surface area contributed by atoms with Gasteiger partial charge in [-0.25, -0.2) is 0 Å². The highest BCUT2D eigenvalue weighted by Gasteiger charge is 2.36. The average molecular weight is 383 g/mol. The van der Waals surface area contributed by atoms with Crippen LogP contribution in [-0.4, -0.2) is 47.6 Å². The number of nitro benzene ring substituents is 1. The molecule has 1 atom stereocenters. The van der Waals surface area contributed by atoms with Gasteiger partial charge in [0.05, 0.1) is 4.92 Å². The molecule has 1 saturated heterocycles. The Morgan fingerprint density at radius 2 is 1.82 bits per heavy atom. The molecule has 144 valence electrons. The smallest absolute Gasteiger partial charge is 0.269 e. The van der Waals surface area contributed by atoms with Crippen LogP contribution in [0.3, 0.4) is 0 Å². The fourth-order valence-corrected chi connectivity index (χ4v) is 3.35. The highest BCUT2D eigenvalue weighted by molar-refractivity contribution is 6.03. The molecule has 0 saturated carbocycles. The number of carbonyl (C=O) groups is 2. The summed E-state index contributed by atoms with van der Waals surface area (Å²) in [7, 11) is 0. The minimum absolute atomic E-state index is 0.0895. The Labute approximate surface area is 160 Å². The van der Waals surface area contributed by atoms with Crippen LogP contribution in [0.25, 0.3) is 0 Å². The minimum atomic E-state index is -0.665. The number of nitrogens with zero attached hydrogens (tertiary/aromatic N) is 3. The van der Waals surface area contributed by atoms with Gasteiger partial charge >= 0.3 is 0 Å². The summed E-state index contributed by atoms with van der Waals surface area (Å²) in [4.78, 5) is 39.0. The number of nitro groups is 1. The zero-order valence-corrected chi connectivity index (χ0v) is 15.0. The van der Waals surface area contributed by atoms with E-state index in [4.69, 9.17) is 9.47 Å². The lowest BCUT2D eigenvalue weighted by atomic mass is 10.1. The van der Waals surface area contributed by atoms with Gasteiger partial charge in [0.1, 0.15) is 6.04 Å². The van der Waals surface area contributed by atoms with Gasteiger partial charge in [0.15, 0.2) is 11.5 Å². The first-order valence-electron chi connectivity index (χ1n) is 8.72. The third-order valence-electron chi connectivity index (χ3n) is 4.91. The summed E-state index contributed by atoms with van der Waals surface area (Å²) in [5.41, 5.74) is 0.901. The lowest BCUT2D eigenvalue weighted by Gasteiger charge is -2.39. The van der Waals surface area contributed by atoms with E-state index in [1.54, 1.807) is 30.0 Å². The fourth-order valence-electron chi connectivity index (χ4n) is 3.35. The Balaban J connectivity index is 1.51. The number of anilines is 1. The van der Waals surface area contributed by atoms with Gasteiger partial charge in [-0.1, -0.05) is 0 Å². The number of rotatable bonds is 3. The Morgan fingerprint density at radius 3 is 2.54 bits per heavy atom. The fraction of sp³-hybridized carbons (Fsp3) is 0.263. The first-order chi connectivity index (χ1) is 13.5. The quantitative estimate of drug-likeness (QED) is 0.595. The standard InChI is InChI=1S/C19H17N3O6/c1-12-18(23)21(15-6-7-16-17(10-15)28-11-27-16)9-8-20(12)19(24)13-2-4-14(5-3-13)22(25)26/h2-7,10,12H,8-9,11H2,1H3/t12-/m0/s1. The van der Waals surface area contributed by atoms with E-state index in [-0.39, 0.29) is 24.3 Å². The Bertz CT molecular complexity index is 959. The maximum atomic E-state index is 12.9. The van der Waals surface area contributed by atoms with Crippen molar-refractivity contribution in [3.8, 4) is 11.5 Å². The minimum Gasteiger partial charge on any atom is -0.454 e. The van der Waals surface area contributed by atoms with Crippen LogP contribution >= 0.6 is 0 Å². The van der Waals surface area contributed by atoms with E-state index < -0.39 is 11.0 Å². The second-order valence-corrected chi connectivity index (χ2v) is 6.51. The molecule has 1 fully saturated rings. The molecule has 0 N–H and O–H groups in total. The molecule has 0 aliphatic carbocycles. The van der Waals surface area contributed by atoms with Crippen molar-refractivity contribution in [3.63, 3.8) is 0 Å². The largest absolute Gasteiger partial charge is 0.454 e. The van der Waals surface area contributed by atoms with Crippen molar-refractivity contribution in [1.29, 1.82) is 0 Å². The molecule has 2 aromatic carbocycles. The van der Waals surface area contributed by atoms with Gasteiger partial charge in [-0.05, 0) is 31.2 Å². The molecule has 0 radical (unpaired) electrons. The topological polar surface area (TPSA) is 102 Å². The molecule has 9 nitrogen and oxygen atoms in total. The van der Waals surface area contributed by atoms with Gasteiger partial charge in [0, 0.05) is 42.5 Å². The number of hydrogen-bond acceptors (Lipinski definition) is 6. The number of fused-ring (bicyclic) bond motifs is 1. The van der Waals surface area contributed by atoms with E-state index in [2.05, 4.69) is 0 Å². The summed E-state index contributed by atoms with van der Waals surface area (Å²) < 4.78 is 10.7. The van der Waals surface area contributed by atoms with E-state index in [0.717, 1.165) is 0 Å². The van der Waals surface area contributed by atoms with Crippen LogP contribution in [0.15, 0.2) is 42.5 Å². The third kappa shape index (κ3) is 3.00. The number of carbonyl (C=O) groups excluding carboxylic acids is 2. The van der Waals surface area contributed by atoms with Crippen LogP contribution in [0.1, 0.15) is 17.3 Å². The van der Waals surface area contributed by atoms with Crippen LogP contribution in [-0.2, 0) is 4.79 Å². The van der Waals surface area contributed by atoms with Crippen molar-refractivity contribution in [2.24, 2.45) is 0 Å². The van der Waals surface area contributed by atoms with Gasteiger partial charge in [0.2, 0.25) is 12.7 Å². The number of piperazine rings is 1. The van der Waals surface area contributed by atoms with Gasteiger partial charge in [0.25, 0.3) is 11.6 Å². The van der Waals surface area contributed by atoms with E-state index in [9.17, 15) is 19.7 Å². The SMILES string of the molecule is C[C@H]1C(=O)N(c2ccc3c(c2)OCO3)CCN1C(=O)c1ccc([N+](=O)[O-])cc1. The molecule has 4 rings (SSSR count). The molecular weight excluding hydrogens is 366 g/mol. The van der Waals surface area contributed by atoms with E-state index >= 15 is 0 Å². The molecule has 0 aromatic heterocycles. The molecule has 0 bridgehead atoms. The summed E-state index contributed by atoms with van der Waals surface area (Å²) >= 11 is 0.